The molecule has 1 aromatic heterocycles. The van der Waals surface area contributed by atoms with Gasteiger partial charge < -0.3 is 5.32 Å². The van der Waals surface area contributed by atoms with E-state index in [1.54, 1.807) is 6.20 Å². The van der Waals surface area contributed by atoms with Crippen molar-refractivity contribution in [1.82, 2.24) is 15.2 Å². The molecule has 1 aromatic carbocycles. The van der Waals surface area contributed by atoms with Crippen LogP contribution in [0.15, 0.2) is 42.7 Å². The van der Waals surface area contributed by atoms with Gasteiger partial charge in [0, 0.05) is 44.0 Å². The van der Waals surface area contributed by atoms with E-state index in [1.807, 2.05) is 18.3 Å². The summed E-state index contributed by atoms with van der Waals surface area (Å²) >= 11 is 0. The molecule has 26 heavy (non-hydrogen) atoms. The number of likely N-dealkylation sites (tertiary alicyclic amines) is 1. The third kappa shape index (κ3) is 5.33. The predicted molar refractivity (Wildman–Crippen MR) is 95.4 cm³/mol. The van der Waals surface area contributed by atoms with Gasteiger partial charge in [0.15, 0.2) is 0 Å². The number of carbonyl (C=O) groups excluding carboxylic acids is 1. The topological polar surface area (TPSA) is 45.2 Å². The van der Waals surface area contributed by atoms with Crippen molar-refractivity contribution in [2.45, 2.75) is 38.3 Å². The number of pyridine rings is 1. The van der Waals surface area contributed by atoms with Crippen molar-refractivity contribution in [3.63, 3.8) is 0 Å². The van der Waals surface area contributed by atoms with Crippen LogP contribution in [0.5, 0.6) is 0 Å². The fraction of sp³-hybridized carbons (Fsp3) is 0.400. The fourth-order valence-corrected chi connectivity index (χ4v) is 3.34. The first-order valence-electron chi connectivity index (χ1n) is 8.95. The molecule has 0 aliphatic carbocycles. The molecule has 1 aliphatic heterocycles. The van der Waals surface area contributed by atoms with Gasteiger partial charge in [-0.05, 0) is 49.1 Å². The maximum absolute atomic E-state index is 13.6. The van der Waals surface area contributed by atoms with Crippen LogP contribution in [-0.2, 0) is 17.8 Å². The zero-order valence-electron chi connectivity index (χ0n) is 14.6. The van der Waals surface area contributed by atoms with Crippen molar-refractivity contribution in [2.75, 3.05) is 13.1 Å². The molecule has 4 nitrogen and oxygen atoms in total. The Balaban J connectivity index is 1.46. The molecule has 0 radical (unpaired) electrons. The number of aryl methyl sites for hydroxylation is 1. The molecule has 1 atom stereocenters. The third-order valence-corrected chi connectivity index (χ3v) is 4.64. The van der Waals surface area contributed by atoms with Crippen LogP contribution < -0.4 is 5.32 Å². The second-order valence-corrected chi connectivity index (χ2v) is 6.74. The number of aromatic nitrogens is 1. The summed E-state index contributed by atoms with van der Waals surface area (Å²) < 4.78 is 26.6. The molecule has 0 unspecified atom stereocenters. The molecule has 0 spiro atoms. The highest BCUT2D eigenvalue weighted by molar-refractivity contribution is 5.76. The van der Waals surface area contributed by atoms with Crippen molar-refractivity contribution in [3.05, 3.63) is 65.5 Å². The van der Waals surface area contributed by atoms with E-state index in [2.05, 4.69) is 15.2 Å². The van der Waals surface area contributed by atoms with Gasteiger partial charge in [-0.2, -0.15) is 0 Å². The zero-order chi connectivity index (χ0) is 18.4. The summed E-state index contributed by atoms with van der Waals surface area (Å²) in [7, 11) is 0. The van der Waals surface area contributed by atoms with E-state index in [0.717, 1.165) is 44.1 Å². The number of piperidine rings is 1. The Labute approximate surface area is 152 Å². The first-order valence-corrected chi connectivity index (χ1v) is 8.95. The number of halogens is 2. The van der Waals surface area contributed by atoms with E-state index >= 15 is 0 Å². The molecule has 1 amide bonds. The van der Waals surface area contributed by atoms with Gasteiger partial charge in [-0.1, -0.05) is 12.1 Å². The molecule has 2 aromatic rings. The number of hydrogen-bond donors (Lipinski definition) is 1. The molecule has 6 heteroatoms. The maximum Gasteiger partial charge on any atom is 0.220 e. The van der Waals surface area contributed by atoms with Gasteiger partial charge in [-0.15, -0.1) is 0 Å². The van der Waals surface area contributed by atoms with Crippen molar-refractivity contribution < 1.29 is 13.6 Å². The molecular weight excluding hydrogens is 336 g/mol. The van der Waals surface area contributed by atoms with Crippen molar-refractivity contribution in [3.8, 4) is 0 Å². The molecule has 0 bridgehead atoms. The average Bonchev–Trinajstić information content (AvgIpc) is 2.62. The van der Waals surface area contributed by atoms with Gasteiger partial charge in [0.1, 0.15) is 11.6 Å². The highest BCUT2D eigenvalue weighted by Crippen LogP contribution is 2.15. The molecule has 1 saturated heterocycles. The summed E-state index contributed by atoms with van der Waals surface area (Å²) in [5, 5.41) is 3.04. The maximum atomic E-state index is 13.6. The van der Waals surface area contributed by atoms with Crippen LogP contribution in [-0.4, -0.2) is 34.9 Å². The normalized spacial score (nSPS) is 17.8. The quantitative estimate of drug-likeness (QED) is 0.862. The Morgan fingerprint density at radius 3 is 2.96 bits per heavy atom. The smallest absolute Gasteiger partial charge is 0.220 e. The van der Waals surface area contributed by atoms with Crippen LogP contribution in [0.25, 0.3) is 0 Å². The zero-order valence-corrected chi connectivity index (χ0v) is 14.6. The number of carbonyl (C=O) groups is 1. The Bertz CT molecular complexity index is 739. The lowest BCUT2D eigenvalue weighted by Gasteiger charge is -2.33. The lowest BCUT2D eigenvalue weighted by molar-refractivity contribution is -0.122. The standard InChI is InChI=1S/C20H23F2N3O/c21-17-7-5-16(19(22)11-17)6-8-20(26)24-18-4-2-10-25(14-18)13-15-3-1-9-23-12-15/h1,3,5,7,9,11-12,18H,2,4,6,8,10,13-14H2,(H,24,26)/t18-/m0/s1. The first kappa shape index (κ1) is 18.5. The van der Waals surface area contributed by atoms with Gasteiger partial charge in [0.05, 0.1) is 0 Å². The van der Waals surface area contributed by atoms with Crippen LogP contribution in [0.1, 0.15) is 30.4 Å². The molecule has 2 heterocycles. The largest absolute Gasteiger partial charge is 0.352 e. The van der Waals surface area contributed by atoms with Crippen LogP contribution in [0.3, 0.4) is 0 Å². The Morgan fingerprint density at radius 2 is 2.19 bits per heavy atom. The number of amides is 1. The number of rotatable bonds is 6. The monoisotopic (exact) mass is 359 g/mol. The Kier molecular flexibility index (Phi) is 6.28. The van der Waals surface area contributed by atoms with E-state index in [1.165, 1.54) is 12.1 Å². The highest BCUT2D eigenvalue weighted by Gasteiger charge is 2.21. The average molecular weight is 359 g/mol. The highest BCUT2D eigenvalue weighted by atomic mass is 19.1. The van der Waals surface area contributed by atoms with E-state index in [9.17, 15) is 13.6 Å². The van der Waals surface area contributed by atoms with Crippen LogP contribution >= 0.6 is 0 Å². The fourth-order valence-electron chi connectivity index (χ4n) is 3.34. The molecule has 1 fully saturated rings. The van der Waals surface area contributed by atoms with Crippen LogP contribution in [0, 0.1) is 11.6 Å². The number of nitrogens with zero attached hydrogens (tertiary/aromatic N) is 2. The van der Waals surface area contributed by atoms with Crippen molar-refractivity contribution in [2.24, 2.45) is 0 Å². The van der Waals surface area contributed by atoms with E-state index in [0.29, 0.717) is 5.56 Å². The minimum absolute atomic E-state index is 0.0954. The predicted octanol–water partition coefficient (Wildman–Crippen LogP) is 3.07. The van der Waals surface area contributed by atoms with E-state index < -0.39 is 11.6 Å². The van der Waals surface area contributed by atoms with Gasteiger partial charge in [0.25, 0.3) is 0 Å². The first-order chi connectivity index (χ1) is 12.6. The molecular formula is C20H23F2N3O. The summed E-state index contributed by atoms with van der Waals surface area (Å²) in [6.07, 6.45) is 6.05. The summed E-state index contributed by atoms with van der Waals surface area (Å²) in [6.45, 7) is 2.62. The van der Waals surface area contributed by atoms with E-state index in [4.69, 9.17) is 0 Å². The molecule has 3 rings (SSSR count). The van der Waals surface area contributed by atoms with Crippen LogP contribution in [0.2, 0.25) is 0 Å². The van der Waals surface area contributed by atoms with Gasteiger partial charge in [-0.25, -0.2) is 8.78 Å². The molecule has 0 saturated carbocycles. The summed E-state index contributed by atoms with van der Waals surface area (Å²) in [4.78, 5) is 18.6. The summed E-state index contributed by atoms with van der Waals surface area (Å²) in [5.74, 6) is -1.30. The number of nitrogens with one attached hydrogen (secondary N) is 1. The molecule has 138 valence electrons. The third-order valence-electron chi connectivity index (χ3n) is 4.64. The van der Waals surface area contributed by atoms with Gasteiger partial charge in [-0.3, -0.25) is 14.7 Å². The minimum Gasteiger partial charge on any atom is -0.352 e. The second kappa shape index (κ2) is 8.85. The lowest BCUT2D eigenvalue weighted by Crippen LogP contribution is -2.47. The van der Waals surface area contributed by atoms with Crippen molar-refractivity contribution in [1.29, 1.82) is 0 Å². The van der Waals surface area contributed by atoms with Gasteiger partial charge >= 0.3 is 0 Å². The van der Waals surface area contributed by atoms with Gasteiger partial charge in [0.2, 0.25) is 5.91 Å². The molecule has 1 aliphatic rings. The Morgan fingerprint density at radius 1 is 1.31 bits per heavy atom. The number of benzene rings is 1. The molecule has 1 N–H and O–H groups in total. The summed E-state index contributed by atoms with van der Waals surface area (Å²) in [5.41, 5.74) is 1.52. The van der Waals surface area contributed by atoms with Crippen molar-refractivity contribution >= 4 is 5.91 Å². The summed E-state index contributed by atoms with van der Waals surface area (Å²) in [6, 6.07) is 7.54. The second-order valence-electron chi connectivity index (χ2n) is 6.74. The number of hydrogen-bond acceptors (Lipinski definition) is 3. The Hall–Kier alpha value is -2.34. The van der Waals surface area contributed by atoms with E-state index in [-0.39, 0.29) is 24.8 Å². The van der Waals surface area contributed by atoms with Crippen LogP contribution in [0.4, 0.5) is 8.78 Å². The lowest BCUT2D eigenvalue weighted by atomic mass is 10.0. The SMILES string of the molecule is O=C(CCc1ccc(F)cc1F)N[C@H]1CCCN(Cc2cccnc2)C1. The minimum atomic E-state index is -0.605.